The van der Waals surface area contributed by atoms with Gasteiger partial charge >= 0.3 is 0 Å². The average Bonchev–Trinajstić information content (AvgIpc) is 3.29. The van der Waals surface area contributed by atoms with Crippen molar-refractivity contribution in [3.05, 3.63) is 58.3 Å². The number of thiophene rings is 1. The van der Waals surface area contributed by atoms with Crippen LogP contribution in [0.2, 0.25) is 0 Å². The highest BCUT2D eigenvalue weighted by Crippen LogP contribution is 2.47. The van der Waals surface area contributed by atoms with Crippen molar-refractivity contribution in [2.24, 2.45) is 5.73 Å². The summed E-state index contributed by atoms with van der Waals surface area (Å²) < 4.78 is 10.7. The van der Waals surface area contributed by atoms with E-state index in [1.54, 1.807) is 29.5 Å². The lowest BCUT2D eigenvalue weighted by Gasteiger charge is -2.24. The smallest absolute Gasteiger partial charge is 0.244 e. The van der Waals surface area contributed by atoms with Gasteiger partial charge < -0.3 is 20.3 Å². The number of rotatable bonds is 3. The van der Waals surface area contributed by atoms with E-state index in [4.69, 9.17) is 15.2 Å². The molecule has 3 aromatic rings. The Labute approximate surface area is 152 Å². The molecule has 0 amide bonds. The molecule has 130 valence electrons. The van der Waals surface area contributed by atoms with Crippen molar-refractivity contribution < 1.29 is 14.6 Å². The van der Waals surface area contributed by atoms with Gasteiger partial charge in [0, 0.05) is 0 Å². The highest BCUT2D eigenvalue weighted by atomic mass is 32.1. The third-order valence-corrected chi connectivity index (χ3v) is 5.13. The van der Waals surface area contributed by atoms with Crippen LogP contribution in [0.5, 0.6) is 17.4 Å². The molecule has 0 saturated heterocycles. The Morgan fingerprint density at radius 1 is 1.42 bits per heavy atom. The molecule has 0 aliphatic carbocycles. The molecule has 0 spiro atoms. The monoisotopic (exact) mass is 366 g/mol. The number of phenolic OH excluding ortho intramolecular Hbond substituents is 1. The Balaban J connectivity index is 1.94. The minimum absolute atomic E-state index is 0.00420. The number of aromatic hydroxyl groups is 1. The predicted octanol–water partition coefficient (Wildman–Crippen LogP) is 3.07. The molecule has 7 nitrogen and oxygen atoms in total. The van der Waals surface area contributed by atoms with Crippen LogP contribution in [0.3, 0.4) is 0 Å². The van der Waals surface area contributed by atoms with Crippen molar-refractivity contribution in [2.45, 2.75) is 5.92 Å². The Morgan fingerprint density at radius 3 is 2.92 bits per heavy atom. The van der Waals surface area contributed by atoms with Gasteiger partial charge in [-0.25, -0.2) is 0 Å². The summed E-state index contributed by atoms with van der Waals surface area (Å²) >= 11 is 1.54. The summed E-state index contributed by atoms with van der Waals surface area (Å²) in [6.07, 6.45) is 0. The van der Waals surface area contributed by atoms with Gasteiger partial charge in [-0.2, -0.15) is 5.26 Å². The van der Waals surface area contributed by atoms with Crippen molar-refractivity contribution in [1.29, 1.82) is 5.26 Å². The minimum Gasteiger partial charge on any atom is -0.504 e. The number of aromatic nitrogens is 2. The first-order chi connectivity index (χ1) is 12.6. The van der Waals surface area contributed by atoms with E-state index in [1.165, 1.54) is 7.11 Å². The van der Waals surface area contributed by atoms with Crippen molar-refractivity contribution in [1.82, 2.24) is 10.2 Å². The summed E-state index contributed by atoms with van der Waals surface area (Å²) in [6.45, 7) is 0. The predicted molar refractivity (Wildman–Crippen MR) is 95.9 cm³/mol. The Hall–Kier alpha value is -3.44. The standard InChI is InChI=1S/C18H14N4O3S/c1-24-12-5-4-9(7-11(12)23)14-10(8-19)17(20)25-18-15(14)16(21-22-18)13-3-2-6-26-13/h2-7,14,23H,20H2,1H3,(H,21,22)/t14-/m1/s1. The van der Waals surface area contributed by atoms with E-state index in [-0.39, 0.29) is 17.2 Å². The van der Waals surface area contributed by atoms with E-state index in [0.29, 0.717) is 22.8 Å². The normalized spacial score (nSPS) is 15.9. The van der Waals surface area contributed by atoms with Gasteiger partial charge in [0.2, 0.25) is 11.8 Å². The van der Waals surface area contributed by atoms with Crippen LogP contribution in [0.25, 0.3) is 10.6 Å². The molecule has 1 aliphatic rings. The quantitative estimate of drug-likeness (QED) is 0.656. The number of nitrogens with one attached hydrogen (secondary N) is 1. The van der Waals surface area contributed by atoms with Gasteiger partial charge in [-0.05, 0) is 29.1 Å². The minimum atomic E-state index is -0.517. The molecule has 8 heteroatoms. The third kappa shape index (κ3) is 2.37. The second-order valence-corrected chi connectivity index (χ2v) is 6.60. The number of H-pyrrole nitrogens is 1. The lowest BCUT2D eigenvalue weighted by molar-refractivity contribution is 0.371. The summed E-state index contributed by atoms with van der Waals surface area (Å²) in [4.78, 5) is 0.961. The topological polar surface area (TPSA) is 117 Å². The number of benzene rings is 1. The Kier molecular flexibility index (Phi) is 3.78. The first-order valence-corrected chi connectivity index (χ1v) is 8.58. The SMILES string of the molecule is COc1ccc([C@@H]2C(C#N)=C(N)Oc3n[nH]c(-c4cccs4)c32)cc1O. The molecule has 26 heavy (non-hydrogen) atoms. The maximum atomic E-state index is 10.2. The molecule has 2 aromatic heterocycles. The van der Waals surface area contributed by atoms with Gasteiger partial charge in [-0.1, -0.05) is 12.1 Å². The Morgan fingerprint density at radius 2 is 2.27 bits per heavy atom. The van der Waals surface area contributed by atoms with Crippen LogP contribution in [0.4, 0.5) is 0 Å². The van der Waals surface area contributed by atoms with Crippen molar-refractivity contribution in [3.63, 3.8) is 0 Å². The number of phenols is 1. The van der Waals surface area contributed by atoms with Crippen LogP contribution >= 0.6 is 11.3 Å². The number of aromatic amines is 1. The van der Waals surface area contributed by atoms with Gasteiger partial charge in [-0.3, -0.25) is 5.10 Å². The lowest BCUT2D eigenvalue weighted by atomic mass is 9.83. The number of ether oxygens (including phenoxy) is 2. The Bertz CT molecular complexity index is 1050. The molecule has 4 rings (SSSR count). The van der Waals surface area contributed by atoms with Crippen molar-refractivity contribution >= 4 is 11.3 Å². The summed E-state index contributed by atoms with van der Waals surface area (Å²) in [7, 11) is 1.48. The van der Waals surface area contributed by atoms with Gasteiger partial charge in [-0.15, -0.1) is 16.4 Å². The maximum Gasteiger partial charge on any atom is 0.244 e. The molecule has 3 heterocycles. The molecule has 0 fully saturated rings. The van der Waals surface area contributed by atoms with Crippen LogP contribution in [0.15, 0.2) is 47.2 Å². The second kappa shape index (κ2) is 6.13. The number of fused-ring (bicyclic) bond motifs is 1. The van der Waals surface area contributed by atoms with E-state index < -0.39 is 5.92 Å². The zero-order chi connectivity index (χ0) is 18.3. The molecule has 1 atom stereocenters. The first-order valence-electron chi connectivity index (χ1n) is 7.70. The fraction of sp³-hybridized carbons (Fsp3) is 0.111. The second-order valence-electron chi connectivity index (χ2n) is 5.65. The summed E-state index contributed by atoms with van der Waals surface area (Å²) in [5.41, 5.74) is 8.37. The molecule has 0 radical (unpaired) electrons. The van der Waals surface area contributed by atoms with E-state index >= 15 is 0 Å². The highest BCUT2D eigenvalue weighted by molar-refractivity contribution is 7.13. The number of allylic oxidation sites excluding steroid dienone is 1. The zero-order valence-corrected chi connectivity index (χ0v) is 14.5. The van der Waals surface area contributed by atoms with Crippen molar-refractivity contribution in [2.75, 3.05) is 7.11 Å². The van der Waals surface area contributed by atoms with E-state index in [1.807, 2.05) is 17.5 Å². The van der Waals surface area contributed by atoms with Gasteiger partial charge in [0.05, 0.1) is 29.2 Å². The molecule has 0 saturated carbocycles. The molecule has 4 N–H and O–H groups in total. The number of hydrogen-bond acceptors (Lipinski definition) is 7. The number of methoxy groups -OCH3 is 1. The van der Waals surface area contributed by atoms with Crippen LogP contribution in [0.1, 0.15) is 17.0 Å². The number of nitrogens with two attached hydrogens (primary N) is 1. The number of nitrogens with zero attached hydrogens (tertiary/aromatic N) is 2. The molecular formula is C18H14N4O3S. The van der Waals surface area contributed by atoms with Crippen LogP contribution in [-0.4, -0.2) is 22.4 Å². The largest absolute Gasteiger partial charge is 0.504 e. The van der Waals surface area contributed by atoms with Gasteiger partial charge in [0.15, 0.2) is 11.5 Å². The molecule has 1 aromatic carbocycles. The van der Waals surface area contributed by atoms with Crippen LogP contribution < -0.4 is 15.2 Å². The molecule has 0 unspecified atom stereocenters. The number of hydrogen-bond donors (Lipinski definition) is 3. The summed E-state index contributed by atoms with van der Waals surface area (Å²) in [5, 5.41) is 29.0. The van der Waals surface area contributed by atoms with Crippen LogP contribution in [0, 0.1) is 11.3 Å². The van der Waals surface area contributed by atoms with E-state index in [0.717, 1.165) is 10.6 Å². The van der Waals surface area contributed by atoms with Gasteiger partial charge in [0.25, 0.3) is 0 Å². The average molecular weight is 366 g/mol. The van der Waals surface area contributed by atoms with E-state index in [9.17, 15) is 10.4 Å². The maximum absolute atomic E-state index is 10.2. The third-order valence-electron chi connectivity index (χ3n) is 4.24. The van der Waals surface area contributed by atoms with E-state index in [2.05, 4.69) is 16.3 Å². The van der Waals surface area contributed by atoms with Gasteiger partial charge in [0.1, 0.15) is 11.6 Å². The van der Waals surface area contributed by atoms with Crippen molar-refractivity contribution in [3.8, 4) is 34.0 Å². The summed E-state index contributed by atoms with van der Waals surface area (Å²) in [6, 6.07) is 11.0. The zero-order valence-electron chi connectivity index (χ0n) is 13.7. The fourth-order valence-electron chi connectivity index (χ4n) is 3.07. The molecule has 1 aliphatic heterocycles. The lowest BCUT2D eigenvalue weighted by Crippen LogP contribution is -2.20. The fourth-order valence-corrected chi connectivity index (χ4v) is 3.81. The first kappa shape index (κ1) is 16.1. The van der Waals surface area contributed by atoms with Crippen LogP contribution in [-0.2, 0) is 0 Å². The summed E-state index contributed by atoms with van der Waals surface area (Å²) in [5.74, 6) is 0.142. The molecular weight excluding hydrogens is 352 g/mol. The number of nitriles is 1. The molecule has 0 bridgehead atoms. The highest BCUT2D eigenvalue weighted by Gasteiger charge is 2.36.